The van der Waals surface area contributed by atoms with E-state index in [9.17, 15) is 0 Å². The van der Waals surface area contributed by atoms with E-state index in [1.54, 1.807) is 0 Å². The number of hydrogen-bond donors (Lipinski definition) is 1. The molecule has 1 aromatic carbocycles. The average molecular weight is 286 g/mol. The second-order valence-electron chi connectivity index (χ2n) is 5.44. The fourth-order valence-corrected chi connectivity index (χ4v) is 2.50. The molecule has 1 heterocycles. The van der Waals surface area contributed by atoms with Gasteiger partial charge in [0.15, 0.2) is 0 Å². The van der Waals surface area contributed by atoms with Gasteiger partial charge in [-0.05, 0) is 38.6 Å². The zero-order valence-corrected chi connectivity index (χ0v) is 13.4. The molecule has 3 nitrogen and oxygen atoms in total. The molecular formula is C18H26N2O. The Bertz CT molecular complexity index is 533. The molecule has 1 aromatic heterocycles. The molecule has 0 aliphatic rings. The van der Waals surface area contributed by atoms with Crippen molar-refractivity contribution in [1.29, 1.82) is 0 Å². The molecule has 0 bridgehead atoms. The van der Waals surface area contributed by atoms with Crippen molar-refractivity contribution < 1.29 is 4.42 Å². The van der Waals surface area contributed by atoms with Gasteiger partial charge in [0, 0.05) is 24.3 Å². The second kappa shape index (κ2) is 7.89. The summed E-state index contributed by atoms with van der Waals surface area (Å²) in [6, 6.07) is 12.8. The Morgan fingerprint density at radius 3 is 2.62 bits per heavy atom. The number of para-hydroxylation sites is 1. The topological polar surface area (TPSA) is 28.4 Å². The SMILES string of the molecule is CCCCN(Cc1cc(CNC)oc1C)c1ccccc1. The summed E-state index contributed by atoms with van der Waals surface area (Å²) in [4.78, 5) is 2.44. The van der Waals surface area contributed by atoms with Crippen molar-refractivity contribution >= 4 is 5.69 Å². The number of nitrogens with one attached hydrogen (secondary N) is 1. The lowest BCUT2D eigenvalue weighted by Gasteiger charge is -2.24. The highest BCUT2D eigenvalue weighted by atomic mass is 16.3. The first kappa shape index (κ1) is 15.6. The Balaban J connectivity index is 2.14. The van der Waals surface area contributed by atoms with E-state index in [-0.39, 0.29) is 0 Å². The van der Waals surface area contributed by atoms with Gasteiger partial charge in [-0.2, -0.15) is 0 Å². The second-order valence-corrected chi connectivity index (χ2v) is 5.44. The Morgan fingerprint density at radius 1 is 1.19 bits per heavy atom. The lowest BCUT2D eigenvalue weighted by Crippen LogP contribution is -2.23. The Morgan fingerprint density at radius 2 is 1.95 bits per heavy atom. The lowest BCUT2D eigenvalue weighted by molar-refractivity contribution is 0.469. The molecule has 21 heavy (non-hydrogen) atoms. The van der Waals surface area contributed by atoms with Crippen molar-refractivity contribution in [2.75, 3.05) is 18.5 Å². The van der Waals surface area contributed by atoms with Crippen molar-refractivity contribution in [2.24, 2.45) is 0 Å². The first-order valence-corrected chi connectivity index (χ1v) is 7.77. The van der Waals surface area contributed by atoms with Crippen molar-refractivity contribution in [3.8, 4) is 0 Å². The van der Waals surface area contributed by atoms with E-state index in [0.717, 1.165) is 31.2 Å². The Kier molecular flexibility index (Phi) is 5.88. The van der Waals surface area contributed by atoms with Crippen LogP contribution in [0.1, 0.15) is 36.8 Å². The Labute approximate surface area is 128 Å². The van der Waals surface area contributed by atoms with Crippen LogP contribution in [-0.4, -0.2) is 13.6 Å². The van der Waals surface area contributed by atoms with Crippen LogP contribution in [-0.2, 0) is 13.1 Å². The van der Waals surface area contributed by atoms with Gasteiger partial charge < -0.3 is 14.6 Å². The number of anilines is 1. The average Bonchev–Trinajstić information content (AvgIpc) is 2.84. The van der Waals surface area contributed by atoms with Crippen LogP contribution in [0, 0.1) is 6.92 Å². The van der Waals surface area contributed by atoms with Crippen molar-refractivity contribution in [1.82, 2.24) is 5.32 Å². The molecule has 0 spiro atoms. The molecular weight excluding hydrogens is 260 g/mol. The van der Waals surface area contributed by atoms with Crippen LogP contribution in [0.2, 0.25) is 0 Å². The maximum atomic E-state index is 5.81. The molecule has 0 saturated carbocycles. The van der Waals surface area contributed by atoms with Crippen molar-refractivity contribution in [3.63, 3.8) is 0 Å². The largest absolute Gasteiger partial charge is 0.465 e. The molecule has 2 rings (SSSR count). The Hall–Kier alpha value is -1.74. The molecule has 0 aliphatic carbocycles. The van der Waals surface area contributed by atoms with Gasteiger partial charge in [-0.15, -0.1) is 0 Å². The van der Waals surface area contributed by atoms with Crippen molar-refractivity contribution in [2.45, 2.75) is 39.8 Å². The molecule has 0 fully saturated rings. The molecule has 3 heteroatoms. The molecule has 1 N–H and O–H groups in total. The van der Waals surface area contributed by atoms with Gasteiger partial charge in [0.05, 0.1) is 6.54 Å². The third-order valence-electron chi connectivity index (χ3n) is 3.69. The molecule has 0 radical (unpaired) electrons. The first-order chi connectivity index (χ1) is 10.2. The van der Waals surface area contributed by atoms with E-state index in [1.807, 2.05) is 7.05 Å². The third kappa shape index (κ3) is 4.36. The lowest BCUT2D eigenvalue weighted by atomic mass is 10.2. The predicted octanol–water partition coefficient (Wildman–Crippen LogP) is 4.11. The first-order valence-electron chi connectivity index (χ1n) is 7.77. The summed E-state index contributed by atoms with van der Waals surface area (Å²) in [6.45, 7) is 7.05. The summed E-state index contributed by atoms with van der Waals surface area (Å²) in [7, 11) is 1.94. The maximum absolute atomic E-state index is 5.81. The van der Waals surface area contributed by atoms with Gasteiger partial charge in [0.25, 0.3) is 0 Å². The van der Waals surface area contributed by atoms with E-state index in [4.69, 9.17) is 4.42 Å². The van der Waals surface area contributed by atoms with E-state index in [1.165, 1.54) is 24.1 Å². The molecule has 0 saturated heterocycles. The number of furan rings is 1. The fraction of sp³-hybridized carbons (Fsp3) is 0.444. The smallest absolute Gasteiger partial charge is 0.118 e. The van der Waals surface area contributed by atoms with Crippen LogP contribution in [0.4, 0.5) is 5.69 Å². The number of hydrogen-bond acceptors (Lipinski definition) is 3. The summed E-state index contributed by atoms with van der Waals surface area (Å²) in [5.74, 6) is 2.03. The van der Waals surface area contributed by atoms with E-state index >= 15 is 0 Å². The highest BCUT2D eigenvalue weighted by Gasteiger charge is 2.12. The molecule has 0 aliphatic heterocycles. The summed E-state index contributed by atoms with van der Waals surface area (Å²) in [6.07, 6.45) is 2.41. The highest BCUT2D eigenvalue weighted by molar-refractivity contribution is 5.47. The van der Waals surface area contributed by atoms with Gasteiger partial charge in [-0.1, -0.05) is 31.5 Å². The molecule has 2 aromatic rings. The zero-order valence-electron chi connectivity index (χ0n) is 13.4. The van der Waals surface area contributed by atoms with E-state index < -0.39 is 0 Å². The fourth-order valence-electron chi connectivity index (χ4n) is 2.50. The van der Waals surface area contributed by atoms with Gasteiger partial charge >= 0.3 is 0 Å². The van der Waals surface area contributed by atoms with Crippen LogP contribution in [0.5, 0.6) is 0 Å². The zero-order chi connectivity index (χ0) is 15.1. The third-order valence-corrected chi connectivity index (χ3v) is 3.69. The maximum Gasteiger partial charge on any atom is 0.118 e. The van der Waals surface area contributed by atoms with Crippen molar-refractivity contribution in [3.05, 3.63) is 53.5 Å². The normalized spacial score (nSPS) is 10.8. The van der Waals surface area contributed by atoms with Crippen LogP contribution >= 0.6 is 0 Å². The predicted molar refractivity (Wildman–Crippen MR) is 88.6 cm³/mol. The summed E-state index contributed by atoms with van der Waals surface area (Å²) >= 11 is 0. The minimum Gasteiger partial charge on any atom is -0.465 e. The number of unbranched alkanes of at least 4 members (excludes halogenated alkanes) is 1. The summed E-state index contributed by atoms with van der Waals surface area (Å²) < 4.78 is 5.81. The van der Waals surface area contributed by atoms with Crippen LogP contribution < -0.4 is 10.2 Å². The van der Waals surface area contributed by atoms with E-state index in [2.05, 4.69) is 60.5 Å². The summed E-state index contributed by atoms with van der Waals surface area (Å²) in [5.41, 5.74) is 2.56. The van der Waals surface area contributed by atoms with E-state index in [0.29, 0.717) is 0 Å². The van der Waals surface area contributed by atoms with Crippen LogP contribution in [0.25, 0.3) is 0 Å². The standard InChI is InChI=1S/C18H26N2O/c1-4-5-11-20(17-9-7-6-8-10-17)14-16-12-18(13-19-3)21-15(16)2/h6-10,12,19H,4-5,11,13-14H2,1-3H3. The highest BCUT2D eigenvalue weighted by Crippen LogP contribution is 2.21. The number of benzene rings is 1. The van der Waals surface area contributed by atoms with Crippen LogP contribution in [0.3, 0.4) is 0 Å². The monoisotopic (exact) mass is 286 g/mol. The number of nitrogens with zero attached hydrogens (tertiary/aromatic N) is 1. The number of rotatable bonds is 8. The van der Waals surface area contributed by atoms with Gasteiger partial charge in [0.1, 0.15) is 11.5 Å². The van der Waals surface area contributed by atoms with Gasteiger partial charge in [-0.3, -0.25) is 0 Å². The van der Waals surface area contributed by atoms with Crippen LogP contribution in [0.15, 0.2) is 40.8 Å². The van der Waals surface area contributed by atoms with Gasteiger partial charge in [-0.25, -0.2) is 0 Å². The molecule has 0 atom stereocenters. The minimum atomic E-state index is 0.779. The minimum absolute atomic E-state index is 0.779. The quantitative estimate of drug-likeness (QED) is 0.791. The molecule has 114 valence electrons. The molecule has 0 amide bonds. The molecule has 0 unspecified atom stereocenters. The summed E-state index contributed by atoms with van der Waals surface area (Å²) in [5, 5.41) is 3.14. The van der Waals surface area contributed by atoms with Gasteiger partial charge in [0.2, 0.25) is 0 Å². The number of aryl methyl sites for hydroxylation is 1.